The Balaban J connectivity index is 1.27. The van der Waals surface area contributed by atoms with Crippen LogP contribution in [0.1, 0.15) is 219 Å². The van der Waals surface area contributed by atoms with Gasteiger partial charge in [0.05, 0.1) is 38.6 Å². The van der Waals surface area contributed by atoms with Gasteiger partial charge in [-0.2, -0.15) is 0 Å². The number of aliphatic hydroxyl groups excluding tert-OH is 11. The highest BCUT2D eigenvalue weighted by Gasteiger charge is 2.53. The van der Waals surface area contributed by atoms with E-state index in [4.69, 9.17) is 28.4 Å². The fourth-order valence-electron chi connectivity index (χ4n) is 11.4. The molecule has 0 aromatic heterocycles. The summed E-state index contributed by atoms with van der Waals surface area (Å²) < 4.78 is 34.2. The van der Waals surface area contributed by atoms with Crippen LogP contribution in [0.4, 0.5) is 0 Å². The molecule has 3 aliphatic rings. The number of amides is 1. The summed E-state index contributed by atoms with van der Waals surface area (Å²) in [6, 6.07) is -0.993. The lowest BCUT2D eigenvalue weighted by Gasteiger charge is -2.48. The molecule has 0 saturated carbocycles. The third-order valence-electron chi connectivity index (χ3n) is 17.2. The van der Waals surface area contributed by atoms with Crippen molar-refractivity contribution >= 4 is 5.91 Å². The third-order valence-corrected chi connectivity index (χ3v) is 17.2. The molecule has 3 rings (SSSR count). The second-order valence-electron chi connectivity index (χ2n) is 25.3. The van der Waals surface area contributed by atoms with Gasteiger partial charge in [-0.25, -0.2) is 0 Å². The van der Waals surface area contributed by atoms with Crippen LogP contribution in [-0.4, -0.2) is 193 Å². The number of hydrogen-bond acceptors (Lipinski definition) is 18. The summed E-state index contributed by atoms with van der Waals surface area (Å²) in [6.45, 7) is 1.51. The first-order valence-corrected chi connectivity index (χ1v) is 36.3. The van der Waals surface area contributed by atoms with Gasteiger partial charge in [-0.1, -0.05) is 238 Å². The molecule has 0 bridgehead atoms. The van der Waals surface area contributed by atoms with Gasteiger partial charge in [0.1, 0.15) is 73.2 Å². The van der Waals surface area contributed by atoms with Crippen LogP contribution >= 0.6 is 0 Å². The van der Waals surface area contributed by atoms with Crippen molar-refractivity contribution in [2.24, 2.45) is 0 Å². The van der Waals surface area contributed by atoms with E-state index in [2.05, 4.69) is 129 Å². The summed E-state index contributed by atoms with van der Waals surface area (Å²) in [5, 5.41) is 120. The lowest BCUT2D eigenvalue weighted by atomic mass is 9.96. The molecule has 3 fully saturated rings. The number of hydrogen-bond donors (Lipinski definition) is 12. The molecule has 0 aromatic rings. The molecule has 3 aliphatic heterocycles. The second-order valence-corrected chi connectivity index (χ2v) is 25.3. The molecule has 19 nitrogen and oxygen atoms in total. The number of rotatable bonds is 54. The highest BCUT2D eigenvalue weighted by atomic mass is 16.8. The number of carbonyl (C=O) groups excluding carboxylic acids is 1. The minimum Gasteiger partial charge on any atom is -0.394 e. The number of aliphatic hydroxyl groups is 11. The Hall–Kier alpha value is -3.81. The first-order valence-electron chi connectivity index (χ1n) is 36.3. The molecule has 17 atom stereocenters. The molecular weight excluding hydrogens is 1210 g/mol. The Morgan fingerprint density at radius 2 is 0.737 bits per heavy atom. The predicted molar refractivity (Wildman–Crippen MR) is 373 cm³/mol. The molecule has 0 spiro atoms. The van der Waals surface area contributed by atoms with Gasteiger partial charge in [0.2, 0.25) is 5.91 Å². The van der Waals surface area contributed by atoms with Crippen molar-refractivity contribution in [2.75, 3.05) is 26.4 Å². The van der Waals surface area contributed by atoms with Crippen LogP contribution in [0.3, 0.4) is 0 Å². The predicted octanol–water partition coefficient (Wildman–Crippen LogP) is 10.4. The molecule has 0 radical (unpaired) electrons. The molecule has 19 heteroatoms. The molecule has 0 aliphatic carbocycles. The third kappa shape index (κ3) is 37.3. The van der Waals surface area contributed by atoms with E-state index in [1.54, 1.807) is 6.08 Å². The van der Waals surface area contributed by atoms with E-state index < -0.39 is 124 Å². The average molecular weight is 1340 g/mol. The smallest absolute Gasteiger partial charge is 0.220 e. The quantitative estimate of drug-likeness (QED) is 0.0199. The molecule has 17 unspecified atom stereocenters. The second kappa shape index (κ2) is 56.0. The summed E-state index contributed by atoms with van der Waals surface area (Å²) in [5.41, 5.74) is 0. The summed E-state index contributed by atoms with van der Waals surface area (Å²) in [6.07, 6.45) is 50.9. The molecule has 544 valence electrons. The van der Waals surface area contributed by atoms with Gasteiger partial charge in [-0.05, 0) is 96.3 Å². The molecule has 3 heterocycles. The molecule has 95 heavy (non-hydrogen) atoms. The number of carbonyl (C=O) groups is 1. The van der Waals surface area contributed by atoms with E-state index >= 15 is 0 Å². The van der Waals surface area contributed by atoms with Gasteiger partial charge >= 0.3 is 0 Å². The first-order chi connectivity index (χ1) is 46.3. The van der Waals surface area contributed by atoms with Crippen LogP contribution in [-0.2, 0) is 33.2 Å². The Morgan fingerprint density at radius 1 is 0.389 bits per heavy atom. The fraction of sp³-hybridized carbons (Fsp3) is 0.724. The number of allylic oxidation sites excluding steroid dienone is 19. The van der Waals surface area contributed by atoms with Crippen LogP contribution in [0.15, 0.2) is 122 Å². The maximum atomic E-state index is 13.3. The maximum Gasteiger partial charge on any atom is 0.220 e. The van der Waals surface area contributed by atoms with Gasteiger partial charge < -0.3 is 89.9 Å². The first kappa shape index (κ1) is 85.4. The van der Waals surface area contributed by atoms with E-state index in [1.165, 1.54) is 89.9 Å². The van der Waals surface area contributed by atoms with E-state index in [1.807, 2.05) is 6.08 Å². The molecule has 0 aromatic carbocycles. The summed E-state index contributed by atoms with van der Waals surface area (Å²) in [4.78, 5) is 13.3. The van der Waals surface area contributed by atoms with Gasteiger partial charge in [-0.15, -0.1) is 0 Å². The SMILES string of the molecule is CC/C=C\C/C=C\C/C=C\C/C=C\C/C=C\C/C=C\C/C=C\C/C=C\CCCCCCCCCCCCCCCCCCC(=O)NC(COC1OC(CO)C(OC2OC(CO)C(OC3OC(CO)C(O)C(O)C3O)C(O)C2O)C(O)C1O)C(O)/C=C/CC/C=C/CCCCC. The largest absolute Gasteiger partial charge is 0.394 e. The van der Waals surface area contributed by atoms with Crippen molar-refractivity contribution in [3.63, 3.8) is 0 Å². The van der Waals surface area contributed by atoms with Crippen molar-refractivity contribution in [3.8, 4) is 0 Å². The lowest BCUT2D eigenvalue weighted by Crippen LogP contribution is -2.66. The zero-order valence-corrected chi connectivity index (χ0v) is 57.6. The highest BCUT2D eigenvalue weighted by Crippen LogP contribution is 2.33. The van der Waals surface area contributed by atoms with Crippen LogP contribution in [0.5, 0.6) is 0 Å². The van der Waals surface area contributed by atoms with Crippen molar-refractivity contribution in [1.82, 2.24) is 5.32 Å². The Bertz CT molecular complexity index is 2190. The average Bonchev–Trinajstić information content (AvgIpc) is 0.797. The van der Waals surface area contributed by atoms with Gasteiger partial charge in [0.15, 0.2) is 18.9 Å². The van der Waals surface area contributed by atoms with Gasteiger partial charge in [0, 0.05) is 6.42 Å². The lowest BCUT2D eigenvalue weighted by molar-refractivity contribution is -0.379. The normalized spacial score (nSPS) is 27.9. The standard InChI is InChI=1S/C76H127NO18/c1-3-5-7-9-11-13-14-15-16-17-18-19-20-21-22-23-24-25-26-27-28-29-30-31-32-33-34-35-36-37-38-39-40-41-42-43-44-46-48-50-52-54-64(82)77-59(60(81)53-51-49-47-45-12-10-8-6-4-2)58-90-74-70(88)67(85)72(62(56-79)92-74)95-76-71(89)68(86)73(63(57-80)93-76)94-75-69(87)66(84)65(83)61(55-78)91-75/h5,7,11-13,15-16,18-19,21-22,24-25,27-28,30-31,45,51,53,59-63,65-76,78-81,83-89H,3-4,6,8-10,14,17,20,23,26,29,32-44,46-50,52,54-58H2,1-2H3,(H,77,82)/b7-5-,13-11-,16-15-,19-18-,22-21-,25-24-,28-27-,31-30-,45-12+,53-51+. The summed E-state index contributed by atoms with van der Waals surface area (Å²) >= 11 is 0. The van der Waals surface area contributed by atoms with E-state index in [9.17, 15) is 61.0 Å². The van der Waals surface area contributed by atoms with Crippen LogP contribution in [0.25, 0.3) is 0 Å². The van der Waals surface area contributed by atoms with Crippen molar-refractivity contribution < 1.29 is 89.4 Å². The zero-order chi connectivity index (χ0) is 68.9. The van der Waals surface area contributed by atoms with Gasteiger partial charge in [0.25, 0.3) is 0 Å². The van der Waals surface area contributed by atoms with Crippen molar-refractivity contribution in [1.29, 1.82) is 0 Å². The maximum absolute atomic E-state index is 13.3. The van der Waals surface area contributed by atoms with Crippen LogP contribution in [0.2, 0.25) is 0 Å². The topological polar surface area (TPSA) is 307 Å². The minimum absolute atomic E-state index is 0.229. The number of nitrogens with one attached hydrogen (secondary N) is 1. The Labute approximate surface area is 569 Å². The van der Waals surface area contributed by atoms with E-state index in [-0.39, 0.29) is 18.9 Å². The Morgan fingerprint density at radius 3 is 1.18 bits per heavy atom. The summed E-state index contributed by atoms with van der Waals surface area (Å²) in [7, 11) is 0. The Kier molecular flexibility index (Phi) is 50.3. The minimum atomic E-state index is -1.98. The number of unbranched alkanes of at least 4 members (excludes halogenated alkanes) is 20. The molecule has 12 N–H and O–H groups in total. The van der Waals surface area contributed by atoms with Crippen molar-refractivity contribution in [3.05, 3.63) is 122 Å². The molecule has 1 amide bonds. The highest BCUT2D eigenvalue weighted by molar-refractivity contribution is 5.76. The zero-order valence-electron chi connectivity index (χ0n) is 57.6. The monoisotopic (exact) mass is 1340 g/mol. The van der Waals surface area contributed by atoms with Crippen molar-refractivity contribution in [2.45, 2.75) is 324 Å². The van der Waals surface area contributed by atoms with E-state index in [0.29, 0.717) is 12.8 Å². The van der Waals surface area contributed by atoms with Crippen LogP contribution < -0.4 is 5.32 Å². The van der Waals surface area contributed by atoms with Crippen LogP contribution in [0, 0.1) is 0 Å². The molecule has 3 saturated heterocycles. The summed E-state index contributed by atoms with van der Waals surface area (Å²) in [5.74, 6) is -0.292. The van der Waals surface area contributed by atoms with E-state index in [0.717, 1.165) is 96.3 Å². The fourth-order valence-corrected chi connectivity index (χ4v) is 11.4. The van der Waals surface area contributed by atoms with Gasteiger partial charge in [-0.3, -0.25) is 4.79 Å². The molecular formula is C76H127NO18. The number of ether oxygens (including phenoxy) is 6.